The van der Waals surface area contributed by atoms with Crippen LogP contribution in [0.1, 0.15) is 82.4 Å². The standard InChI is InChI=1S/C28H34N4O6.C2HF3O2/c1-7-38-23-11-17-13-32(24(29)19(17)12-20(23)25(34)30-6)14-22(33)16-8-9-18(21(10-16)28(3,4)5)26(35)31-15(2)27(36)37;3-2(4,5)1(6)7/h8-12,15,29H,7,13-14H2,1-6H3,(H,30,34)(H,31,35)(H,36,37);(H,6,7). The second-order valence-electron chi connectivity index (χ2n) is 11.0. The van der Waals surface area contributed by atoms with Crippen LogP contribution in [0.2, 0.25) is 0 Å². The highest BCUT2D eigenvalue weighted by Crippen LogP contribution is 2.32. The molecule has 1 unspecified atom stereocenters. The summed E-state index contributed by atoms with van der Waals surface area (Å²) in [7, 11) is 1.52. The van der Waals surface area contributed by atoms with Gasteiger partial charge in [-0.2, -0.15) is 13.2 Å². The van der Waals surface area contributed by atoms with Crippen molar-refractivity contribution in [3.8, 4) is 5.75 Å². The van der Waals surface area contributed by atoms with Crippen LogP contribution in [-0.2, 0) is 21.5 Å². The molecular weight excluding hydrogens is 601 g/mol. The van der Waals surface area contributed by atoms with Gasteiger partial charge in [0.1, 0.15) is 17.6 Å². The monoisotopic (exact) mass is 636 g/mol. The number of rotatable bonds is 9. The number of nitrogens with one attached hydrogen (secondary N) is 3. The van der Waals surface area contributed by atoms with Crippen molar-refractivity contribution in [1.29, 1.82) is 5.41 Å². The van der Waals surface area contributed by atoms with Crippen molar-refractivity contribution in [3.05, 3.63) is 63.7 Å². The SMILES string of the molecule is CCOc1cc2c(cc1C(=O)NC)C(=N)N(CC(=O)c1ccc(C(=O)NC(C)C(=O)O)c(C(C)(C)C)c1)C2.O=C(O)C(F)(F)F. The Morgan fingerprint density at radius 3 is 2.11 bits per heavy atom. The fourth-order valence-corrected chi connectivity index (χ4v) is 4.29. The van der Waals surface area contributed by atoms with Crippen LogP contribution in [0, 0.1) is 5.41 Å². The number of hydrogen-bond acceptors (Lipinski definition) is 7. The summed E-state index contributed by atoms with van der Waals surface area (Å²) in [5, 5.41) is 29.9. The summed E-state index contributed by atoms with van der Waals surface area (Å²) in [4.78, 5) is 60.2. The van der Waals surface area contributed by atoms with E-state index in [1.54, 1.807) is 29.2 Å². The molecule has 244 valence electrons. The maximum atomic E-state index is 13.3. The van der Waals surface area contributed by atoms with Gasteiger partial charge in [0, 0.05) is 30.3 Å². The van der Waals surface area contributed by atoms with Crippen molar-refractivity contribution >= 4 is 35.4 Å². The molecule has 0 aliphatic carbocycles. The van der Waals surface area contributed by atoms with Gasteiger partial charge in [0.05, 0.1) is 18.7 Å². The maximum absolute atomic E-state index is 13.3. The number of carbonyl (C=O) groups is 5. The number of fused-ring (bicyclic) bond motifs is 1. The lowest BCUT2D eigenvalue weighted by molar-refractivity contribution is -0.192. The molecule has 2 aromatic rings. The topological polar surface area (TPSA) is 186 Å². The van der Waals surface area contributed by atoms with Crippen molar-refractivity contribution in [1.82, 2.24) is 15.5 Å². The van der Waals surface area contributed by atoms with E-state index in [2.05, 4.69) is 10.6 Å². The van der Waals surface area contributed by atoms with Crippen molar-refractivity contribution in [3.63, 3.8) is 0 Å². The van der Waals surface area contributed by atoms with Crippen LogP contribution in [0.15, 0.2) is 30.3 Å². The number of amides is 2. The highest BCUT2D eigenvalue weighted by Gasteiger charge is 2.38. The van der Waals surface area contributed by atoms with Crippen molar-refractivity contribution < 1.29 is 52.1 Å². The van der Waals surface area contributed by atoms with Crippen molar-refractivity contribution in [2.24, 2.45) is 0 Å². The van der Waals surface area contributed by atoms with E-state index in [1.807, 2.05) is 27.7 Å². The molecule has 15 heteroatoms. The van der Waals surface area contributed by atoms with Crippen LogP contribution in [0.3, 0.4) is 0 Å². The fourth-order valence-electron chi connectivity index (χ4n) is 4.29. The highest BCUT2D eigenvalue weighted by molar-refractivity contribution is 6.08. The number of halogens is 3. The minimum Gasteiger partial charge on any atom is -0.493 e. The zero-order valence-electron chi connectivity index (χ0n) is 25.5. The lowest BCUT2D eigenvalue weighted by Gasteiger charge is -2.24. The summed E-state index contributed by atoms with van der Waals surface area (Å²) in [6.45, 7) is 9.53. The first kappa shape index (κ1) is 36.2. The van der Waals surface area contributed by atoms with E-state index < -0.39 is 35.5 Å². The normalized spacial score (nSPS) is 13.2. The average Bonchev–Trinajstić information content (AvgIpc) is 3.24. The van der Waals surface area contributed by atoms with Crippen LogP contribution >= 0.6 is 0 Å². The highest BCUT2D eigenvalue weighted by atomic mass is 19.4. The lowest BCUT2D eigenvalue weighted by atomic mass is 9.82. The van der Waals surface area contributed by atoms with E-state index in [0.29, 0.717) is 46.7 Å². The molecule has 2 amide bonds. The number of Topliss-reactive ketones (excluding diaryl/α,β-unsaturated/α-hetero) is 1. The van der Waals surface area contributed by atoms with Gasteiger partial charge >= 0.3 is 18.1 Å². The molecule has 1 aliphatic heterocycles. The molecule has 0 spiro atoms. The third kappa shape index (κ3) is 9.03. The van der Waals surface area contributed by atoms with Gasteiger partial charge in [-0.15, -0.1) is 0 Å². The minimum atomic E-state index is -5.08. The summed E-state index contributed by atoms with van der Waals surface area (Å²) in [6.07, 6.45) is -5.08. The summed E-state index contributed by atoms with van der Waals surface area (Å²) in [5.41, 5.74) is 2.46. The number of aliphatic carboxylic acids is 2. The lowest BCUT2D eigenvalue weighted by Crippen LogP contribution is -2.39. The van der Waals surface area contributed by atoms with Gasteiger partial charge in [-0.3, -0.25) is 24.6 Å². The van der Waals surface area contributed by atoms with Crippen molar-refractivity contribution in [2.75, 3.05) is 20.2 Å². The molecule has 3 rings (SSSR count). The molecule has 5 N–H and O–H groups in total. The third-order valence-corrected chi connectivity index (χ3v) is 6.60. The van der Waals surface area contributed by atoms with E-state index in [-0.39, 0.29) is 24.1 Å². The number of carbonyl (C=O) groups excluding carboxylic acids is 3. The predicted octanol–water partition coefficient (Wildman–Crippen LogP) is 3.60. The number of benzene rings is 2. The predicted molar refractivity (Wildman–Crippen MR) is 156 cm³/mol. The van der Waals surface area contributed by atoms with E-state index >= 15 is 0 Å². The largest absolute Gasteiger partial charge is 0.493 e. The Kier molecular flexibility index (Phi) is 11.5. The number of alkyl halides is 3. The van der Waals surface area contributed by atoms with Gasteiger partial charge in [0.15, 0.2) is 5.78 Å². The fraction of sp³-hybridized carbons (Fsp3) is 0.400. The quantitative estimate of drug-likeness (QED) is 0.257. The Balaban J connectivity index is 0.000000900. The van der Waals surface area contributed by atoms with E-state index in [9.17, 15) is 32.3 Å². The second-order valence-corrected chi connectivity index (χ2v) is 11.0. The molecule has 0 bridgehead atoms. The third-order valence-electron chi connectivity index (χ3n) is 6.60. The van der Waals surface area contributed by atoms with Gasteiger partial charge in [-0.25, -0.2) is 4.79 Å². The number of carboxylic acids is 2. The molecule has 0 saturated carbocycles. The number of amidine groups is 1. The molecule has 1 heterocycles. The zero-order valence-corrected chi connectivity index (χ0v) is 25.5. The smallest absolute Gasteiger partial charge is 0.490 e. The number of nitrogens with zero attached hydrogens (tertiary/aromatic N) is 1. The molecule has 0 aromatic heterocycles. The second kappa shape index (κ2) is 14.2. The zero-order chi connectivity index (χ0) is 34.4. The molecular formula is C30H35F3N4O8. The van der Waals surface area contributed by atoms with Gasteiger partial charge in [0.25, 0.3) is 11.8 Å². The first-order valence-electron chi connectivity index (χ1n) is 13.6. The number of carboxylic acid groups (broad SMARTS) is 2. The molecule has 2 aromatic carbocycles. The van der Waals surface area contributed by atoms with Crippen molar-refractivity contribution in [2.45, 2.75) is 58.8 Å². The molecule has 45 heavy (non-hydrogen) atoms. The minimum absolute atomic E-state index is 0.0715. The van der Waals surface area contributed by atoms with Gasteiger partial charge < -0.3 is 30.5 Å². The number of ketones is 1. The first-order chi connectivity index (χ1) is 20.7. The first-order valence-corrected chi connectivity index (χ1v) is 13.6. The van der Waals surface area contributed by atoms with E-state index in [1.165, 1.54) is 20.0 Å². The summed E-state index contributed by atoms with van der Waals surface area (Å²) in [6, 6.07) is 7.03. The maximum Gasteiger partial charge on any atom is 0.490 e. The van der Waals surface area contributed by atoms with E-state index in [4.69, 9.17) is 25.2 Å². The molecule has 12 nitrogen and oxygen atoms in total. The Morgan fingerprint density at radius 2 is 1.62 bits per heavy atom. The Bertz CT molecular complexity index is 1520. The van der Waals surface area contributed by atoms with Crippen LogP contribution in [0.25, 0.3) is 0 Å². The van der Waals surface area contributed by atoms with Crippen LogP contribution in [0.5, 0.6) is 5.75 Å². The summed E-state index contributed by atoms with van der Waals surface area (Å²) in [5.74, 6) is -4.44. The molecule has 0 saturated heterocycles. The van der Waals surface area contributed by atoms with Crippen LogP contribution in [-0.4, -0.2) is 82.9 Å². The van der Waals surface area contributed by atoms with Gasteiger partial charge in [-0.1, -0.05) is 26.8 Å². The van der Waals surface area contributed by atoms with Crippen LogP contribution in [0.4, 0.5) is 13.2 Å². The van der Waals surface area contributed by atoms with Gasteiger partial charge in [-0.05, 0) is 54.7 Å². The Morgan fingerprint density at radius 1 is 1.02 bits per heavy atom. The Labute approximate surface area is 257 Å². The molecule has 0 radical (unpaired) electrons. The van der Waals surface area contributed by atoms with E-state index in [0.717, 1.165) is 5.56 Å². The number of ether oxygens (including phenoxy) is 1. The molecule has 1 aliphatic rings. The summed E-state index contributed by atoms with van der Waals surface area (Å²) >= 11 is 0. The van der Waals surface area contributed by atoms with Gasteiger partial charge in [0.2, 0.25) is 0 Å². The average molecular weight is 637 g/mol. The Hall–Kier alpha value is -4.95. The molecule has 0 fully saturated rings. The van der Waals surface area contributed by atoms with Crippen LogP contribution < -0.4 is 15.4 Å². The molecule has 1 atom stereocenters. The number of hydrogen-bond donors (Lipinski definition) is 5. The summed E-state index contributed by atoms with van der Waals surface area (Å²) < 4.78 is 37.4.